The van der Waals surface area contributed by atoms with Crippen molar-refractivity contribution in [3.8, 4) is 0 Å². The van der Waals surface area contributed by atoms with Gasteiger partial charge in [-0.3, -0.25) is 4.79 Å². The Labute approximate surface area is 285 Å². The molecule has 2 saturated carbocycles. The average molecular weight is 705 g/mol. The molecule has 1 spiro atoms. The number of carbonyl (C=O) groups is 4. The molecule has 3 aliphatic heterocycles. The van der Waals surface area contributed by atoms with Crippen LogP contribution in [0.25, 0.3) is 0 Å². The number of benzene rings is 1. The van der Waals surface area contributed by atoms with Crippen LogP contribution in [0.1, 0.15) is 37.0 Å². The van der Waals surface area contributed by atoms with E-state index in [9.17, 15) is 49.8 Å². The number of methoxy groups -OCH3 is 1. The fourth-order valence-electron chi connectivity index (χ4n) is 10.0. The normalized spacial score (nSPS) is 46.3. The lowest BCUT2D eigenvalue weighted by Crippen LogP contribution is -2.79. The summed E-state index contributed by atoms with van der Waals surface area (Å²) in [5.74, 6) is -6.96. The summed E-state index contributed by atoms with van der Waals surface area (Å²) in [4.78, 5) is 54.8. The average Bonchev–Trinajstić information content (AvgIpc) is 3.41. The number of fused-ring (bicyclic) bond motifs is 2. The second-order valence-electron chi connectivity index (χ2n) is 14.4. The van der Waals surface area contributed by atoms with E-state index >= 15 is 0 Å². The van der Waals surface area contributed by atoms with Gasteiger partial charge in [0.15, 0.2) is 11.5 Å². The lowest BCUT2D eigenvalue weighted by atomic mass is 9.38. The Balaban J connectivity index is 1.31. The Morgan fingerprint density at radius 1 is 0.980 bits per heavy atom. The first-order valence-electron chi connectivity index (χ1n) is 16.4. The number of ketones is 1. The van der Waals surface area contributed by atoms with Crippen LogP contribution in [0, 0.1) is 28.6 Å². The number of ether oxygens (including phenoxy) is 6. The van der Waals surface area contributed by atoms with Crippen molar-refractivity contribution in [3.63, 3.8) is 0 Å². The predicted molar refractivity (Wildman–Crippen MR) is 161 cm³/mol. The quantitative estimate of drug-likeness (QED) is 0.140. The maximum Gasteiger partial charge on any atom is 0.348 e. The molecule has 0 aromatic heterocycles. The minimum Gasteiger partial charge on any atom is -0.467 e. The molecule has 15 atom stereocenters. The summed E-state index contributed by atoms with van der Waals surface area (Å²) in [6, 6.07) is 7.81. The van der Waals surface area contributed by atoms with Gasteiger partial charge in [0, 0.05) is 17.8 Å². The van der Waals surface area contributed by atoms with Crippen molar-refractivity contribution < 1.29 is 78.2 Å². The minimum absolute atomic E-state index is 0.0265. The van der Waals surface area contributed by atoms with Crippen LogP contribution in [0.15, 0.2) is 41.7 Å². The topological polar surface area (TPSA) is 245 Å². The highest BCUT2D eigenvalue weighted by Crippen LogP contribution is 2.73. The molecule has 0 radical (unpaired) electrons. The number of esters is 3. The first-order valence-corrected chi connectivity index (χ1v) is 16.4. The SMILES string of the molecule is COC(=O)[C@@]12OC[C@]34[C@H]([C@@H](O)[C@@H]1O)[C@@]1(C)CC(=O)C(O[C@@H]5O[C@H](CO)[C@@H](O)[C@H](O)[C@H]5O)=C(C)[C@@H]1C[C@H]3OC(=O)[C@H](OC(=O)c1ccccc1)[C@@H]24. The molecule has 1 aromatic carbocycles. The number of hydrogen-bond donors (Lipinski definition) is 6. The highest BCUT2D eigenvalue weighted by Gasteiger charge is 2.85. The summed E-state index contributed by atoms with van der Waals surface area (Å²) >= 11 is 0. The molecule has 272 valence electrons. The lowest BCUT2D eigenvalue weighted by molar-refractivity contribution is -0.295. The van der Waals surface area contributed by atoms with Gasteiger partial charge >= 0.3 is 17.9 Å². The largest absolute Gasteiger partial charge is 0.467 e. The molecule has 1 aromatic rings. The van der Waals surface area contributed by atoms with Crippen molar-refractivity contribution in [1.82, 2.24) is 0 Å². The van der Waals surface area contributed by atoms with Crippen LogP contribution in [0.4, 0.5) is 0 Å². The Kier molecular flexibility index (Phi) is 8.42. The van der Waals surface area contributed by atoms with Crippen molar-refractivity contribution in [3.05, 3.63) is 47.2 Å². The molecule has 6 N–H and O–H groups in total. The van der Waals surface area contributed by atoms with Crippen LogP contribution in [-0.2, 0) is 42.8 Å². The Bertz CT molecular complexity index is 1610. The van der Waals surface area contributed by atoms with Crippen molar-refractivity contribution in [2.24, 2.45) is 28.6 Å². The van der Waals surface area contributed by atoms with Gasteiger partial charge in [0.05, 0.1) is 37.9 Å². The molecular formula is C34H40O16. The first kappa shape index (κ1) is 34.9. The fourth-order valence-corrected chi connectivity index (χ4v) is 10.0. The van der Waals surface area contributed by atoms with E-state index in [4.69, 9.17) is 28.4 Å². The molecule has 3 heterocycles. The monoisotopic (exact) mass is 704 g/mol. The van der Waals surface area contributed by atoms with Gasteiger partial charge in [-0.05, 0) is 42.4 Å². The molecule has 5 fully saturated rings. The maximum absolute atomic E-state index is 14.0. The Morgan fingerprint density at radius 3 is 2.34 bits per heavy atom. The van der Waals surface area contributed by atoms with E-state index in [0.717, 1.165) is 7.11 Å². The van der Waals surface area contributed by atoms with E-state index in [-0.39, 0.29) is 30.8 Å². The third kappa shape index (κ3) is 4.52. The maximum atomic E-state index is 14.0. The van der Waals surface area contributed by atoms with Gasteiger partial charge in [0.25, 0.3) is 0 Å². The van der Waals surface area contributed by atoms with Gasteiger partial charge in [-0.2, -0.15) is 0 Å². The third-order valence-corrected chi connectivity index (χ3v) is 12.1. The molecule has 0 unspecified atom stereocenters. The van der Waals surface area contributed by atoms with Gasteiger partial charge < -0.3 is 59.1 Å². The van der Waals surface area contributed by atoms with Crippen LogP contribution in [-0.4, -0.2) is 135 Å². The van der Waals surface area contributed by atoms with E-state index in [0.29, 0.717) is 5.57 Å². The summed E-state index contributed by atoms with van der Waals surface area (Å²) in [7, 11) is 1.06. The predicted octanol–water partition coefficient (Wildman–Crippen LogP) is -1.88. The smallest absolute Gasteiger partial charge is 0.348 e. The van der Waals surface area contributed by atoms with Gasteiger partial charge in [-0.15, -0.1) is 0 Å². The van der Waals surface area contributed by atoms with Crippen LogP contribution in [0.3, 0.4) is 0 Å². The van der Waals surface area contributed by atoms with Crippen LogP contribution in [0.5, 0.6) is 0 Å². The highest BCUT2D eigenvalue weighted by atomic mass is 16.7. The molecule has 7 rings (SSSR count). The Morgan fingerprint density at radius 2 is 1.68 bits per heavy atom. The van der Waals surface area contributed by atoms with Gasteiger partial charge in [0.1, 0.15) is 36.6 Å². The number of aliphatic hydroxyl groups excluding tert-OH is 6. The zero-order valence-corrected chi connectivity index (χ0v) is 27.4. The lowest BCUT2D eigenvalue weighted by Gasteiger charge is -2.67. The van der Waals surface area contributed by atoms with Crippen molar-refractivity contribution in [1.29, 1.82) is 0 Å². The van der Waals surface area contributed by atoms with E-state index in [1.54, 1.807) is 32.0 Å². The van der Waals surface area contributed by atoms with Crippen LogP contribution < -0.4 is 0 Å². The molecule has 16 heteroatoms. The standard InChI is InChI=1S/C34H40O16/c1-13-15-9-18-33-12-46-34(31(44)45-3,26(33)24(29(43)48-18)49-28(42)14-7-5-4-6-8-14)27(41)22(40)25(33)32(15,2)10-16(36)23(13)50-30-21(39)20(38)19(37)17(11-35)47-30/h4-8,15,17-22,24-27,30,35,37-41H,9-12H2,1-3H3/t15-,17+,18+,19+,20-,21+,22+,24+,25+,26+,27-,30-,32-,33+,34-/m0/s1. The van der Waals surface area contributed by atoms with Crippen molar-refractivity contribution in [2.75, 3.05) is 20.3 Å². The van der Waals surface area contributed by atoms with Gasteiger partial charge in [-0.25, -0.2) is 14.4 Å². The number of hydrogen-bond acceptors (Lipinski definition) is 16. The number of carbonyl (C=O) groups excluding carboxylic acids is 4. The highest BCUT2D eigenvalue weighted by molar-refractivity contribution is 5.96. The number of aliphatic hydroxyl groups is 6. The Hall–Kier alpha value is -3.48. The first-order chi connectivity index (χ1) is 23.7. The van der Waals surface area contributed by atoms with E-state index in [1.807, 2.05) is 0 Å². The molecule has 6 aliphatic rings. The summed E-state index contributed by atoms with van der Waals surface area (Å²) in [6.45, 7) is 2.28. The summed E-state index contributed by atoms with van der Waals surface area (Å²) in [5.41, 5.74) is -4.56. The number of rotatable bonds is 6. The summed E-state index contributed by atoms with van der Waals surface area (Å²) in [6.07, 6.45) is -15.0. The fraction of sp³-hybridized carbons (Fsp3) is 0.647. The molecule has 50 heavy (non-hydrogen) atoms. The van der Waals surface area contributed by atoms with Gasteiger partial charge in [-0.1, -0.05) is 25.1 Å². The zero-order chi connectivity index (χ0) is 36.1. The molecule has 3 aliphatic carbocycles. The van der Waals surface area contributed by atoms with Crippen LogP contribution in [0.2, 0.25) is 0 Å². The second kappa shape index (κ2) is 12.1. The summed E-state index contributed by atoms with van der Waals surface area (Å²) < 4.78 is 34.4. The molecule has 16 nitrogen and oxygen atoms in total. The van der Waals surface area contributed by atoms with Crippen molar-refractivity contribution >= 4 is 23.7 Å². The van der Waals surface area contributed by atoms with E-state index < -0.39 is 120 Å². The molecule has 0 amide bonds. The number of allylic oxidation sites excluding steroid dienone is 2. The third-order valence-electron chi connectivity index (χ3n) is 12.1. The van der Waals surface area contributed by atoms with Crippen molar-refractivity contribution in [2.45, 2.75) is 87.4 Å². The molecule has 2 bridgehead atoms. The minimum atomic E-state index is -2.34. The molecular weight excluding hydrogens is 664 g/mol. The summed E-state index contributed by atoms with van der Waals surface area (Å²) in [5, 5.41) is 64.6. The van der Waals surface area contributed by atoms with Gasteiger partial charge in [0.2, 0.25) is 18.0 Å². The molecule has 3 saturated heterocycles. The second-order valence-corrected chi connectivity index (χ2v) is 14.4. The van der Waals surface area contributed by atoms with E-state index in [2.05, 4.69) is 0 Å². The van der Waals surface area contributed by atoms with E-state index in [1.165, 1.54) is 12.1 Å². The number of Topliss-reactive ketones (excluding diaryl/α,β-unsaturated/α-hetero) is 1. The van der Waals surface area contributed by atoms with Crippen LogP contribution >= 0.6 is 0 Å². The zero-order valence-electron chi connectivity index (χ0n) is 27.4.